The molecule has 0 spiro atoms. The Bertz CT molecular complexity index is 3490. The van der Waals surface area contributed by atoms with Crippen LogP contribution in [-0.2, 0) is 0 Å². The number of aromatic amines is 3. The molecule has 14 rings (SSSR count). The van der Waals surface area contributed by atoms with Crippen LogP contribution in [0, 0.1) is 0 Å². The van der Waals surface area contributed by atoms with Gasteiger partial charge in [0.15, 0.2) is 24.0 Å². The van der Waals surface area contributed by atoms with Gasteiger partial charge in [-0.25, -0.2) is 29.9 Å². The lowest BCUT2D eigenvalue weighted by atomic mass is 10.0. The summed E-state index contributed by atoms with van der Waals surface area (Å²) >= 11 is 3.40. The predicted molar refractivity (Wildman–Crippen MR) is 354 cm³/mol. The predicted octanol–water partition coefficient (Wildman–Crippen LogP) is 20.8. The Hall–Kier alpha value is -8.33. The minimum Gasteiger partial charge on any atom is -0.443 e. The Morgan fingerprint density at radius 3 is 1.35 bits per heavy atom. The van der Waals surface area contributed by atoms with Crippen molar-refractivity contribution in [3.63, 3.8) is 0 Å². The molecule has 7 aromatic carbocycles. The van der Waals surface area contributed by atoms with Crippen LogP contribution in [-0.4, -0.2) is 50.1 Å². The van der Waals surface area contributed by atoms with Crippen LogP contribution in [0.4, 0.5) is 0 Å². The van der Waals surface area contributed by atoms with Crippen molar-refractivity contribution >= 4 is 98.3 Å². The van der Waals surface area contributed by atoms with E-state index < -0.39 is 0 Å². The number of imidazole rings is 2. The van der Waals surface area contributed by atoms with Crippen LogP contribution in [0.1, 0.15) is 177 Å². The number of hydrogen-bond donors (Lipinski definition) is 3. The number of aromatic nitrogens is 10. The second-order valence-corrected chi connectivity index (χ2v) is 24.7. The van der Waals surface area contributed by atoms with Crippen LogP contribution >= 0.6 is 22.7 Å². The summed E-state index contributed by atoms with van der Waals surface area (Å²) in [5, 5.41) is 8.11. The third-order valence-electron chi connectivity index (χ3n) is 14.4. The molecule has 84 heavy (non-hydrogen) atoms. The minimum atomic E-state index is 0.541. The van der Waals surface area contributed by atoms with Gasteiger partial charge in [0, 0.05) is 5.39 Å². The van der Waals surface area contributed by atoms with Gasteiger partial charge in [0.2, 0.25) is 0 Å². The summed E-state index contributed by atoms with van der Waals surface area (Å²) in [6.07, 6.45) is 8.29. The van der Waals surface area contributed by atoms with E-state index >= 15 is 0 Å². The zero-order valence-corrected chi connectivity index (χ0v) is 52.6. The van der Waals surface area contributed by atoms with Crippen LogP contribution in [0.3, 0.4) is 0 Å². The molecule has 434 valence electrons. The Morgan fingerprint density at radius 2 is 0.762 bits per heavy atom. The normalized spacial score (nSPS) is 11.2. The molecule has 0 fully saturated rings. The first-order valence-electron chi connectivity index (χ1n) is 29.0. The molecule has 12 nitrogen and oxygen atoms in total. The van der Waals surface area contributed by atoms with Crippen molar-refractivity contribution < 1.29 is 8.83 Å². The molecule has 14 heteroatoms. The van der Waals surface area contributed by atoms with E-state index in [0.717, 1.165) is 60.8 Å². The summed E-state index contributed by atoms with van der Waals surface area (Å²) in [6.45, 7) is 30.6. The fourth-order valence-electron chi connectivity index (χ4n) is 8.87. The highest BCUT2D eigenvalue weighted by molar-refractivity contribution is 7.17. The van der Waals surface area contributed by atoms with Crippen molar-refractivity contribution in [1.29, 1.82) is 0 Å². The Labute approximate surface area is 501 Å². The second kappa shape index (κ2) is 29.3. The lowest BCUT2D eigenvalue weighted by Gasteiger charge is -2.03. The average Bonchev–Trinajstić information content (AvgIpc) is 4.45. The summed E-state index contributed by atoms with van der Waals surface area (Å²) in [7, 11) is 0. The number of hydrogen-bond acceptors (Lipinski definition) is 11. The first kappa shape index (κ1) is 61.7. The van der Waals surface area contributed by atoms with Crippen molar-refractivity contribution in [3.8, 4) is 0 Å². The molecule has 0 radical (unpaired) electrons. The number of thiazole rings is 2. The maximum absolute atomic E-state index is 5.20. The van der Waals surface area contributed by atoms with Crippen LogP contribution in [0.15, 0.2) is 179 Å². The Morgan fingerprint density at radius 1 is 0.333 bits per heavy atom. The molecule has 0 aliphatic heterocycles. The van der Waals surface area contributed by atoms with Crippen LogP contribution < -0.4 is 0 Å². The van der Waals surface area contributed by atoms with Crippen LogP contribution in [0.25, 0.3) is 75.6 Å². The van der Waals surface area contributed by atoms with E-state index in [4.69, 9.17) is 8.83 Å². The summed E-state index contributed by atoms with van der Waals surface area (Å²) in [5.41, 5.74) is 24.5. The smallest absolute Gasteiger partial charge is 0.181 e. The van der Waals surface area contributed by atoms with Gasteiger partial charge in [-0.15, -0.1) is 22.7 Å². The molecule has 0 bridgehead atoms. The van der Waals surface area contributed by atoms with Gasteiger partial charge in [0.05, 0.1) is 77.9 Å². The number of nitrogens with one attached hydrogen (secondary N) is 3. The standard InChI is InChI=1S/3C10H12N2.2C10H11NO.2C10H11NS/c1-7(2)8-3-4-10-9(5-8)6-11-12-10;2*1-7(2)8-3-4-9-10(5-8)12-6-11-9;1-7(2)8-3-4-10-9(5-8)11-6-12-10;1-7(2)8-3-4-9-10(5-8)12-6-11-9;1-7(2)8-3-4-10-9(5-8)11-6-12-10;1-7(2)8-3-4-9-10(5-8)12-6-11-9/h3*3-7H,1-2H3,(H,11,12);4*3-7H,1-2H3. The molecule has 0 amide bonds. The van der Waals surface area contributed by atoms with Gasteiger partial charge >= 0.3 is 0 Å². The van der Waals surface area contributed by atoms with Crippen LogP contribution in [0.5, 0.6) is 0 Å². The van der Waals surface area contributed by atoms with Gasteiger partial charge in [-0.1, -0.05) is 139 Å². The quantitative estimate of drug-likeness (QED) is 0.141. The van der Waals surface area contributed by atoms with E-state index in [-0.39, 0.29) is 0 Å². The zero-order chi connectivity index (χ0) is 59.9. The van der Waals surface area contributed by atoms with E-state index in [1.54, 1.807) is 35.3 Å². The monoisotopic (exact) mass is 1160 g/mol. The number of fused-ring (bicyclic) bond motifs is 7. The fraction of sp³-hybridized carbons (Fsp3) is 0.300. The molecule has 14 aromatic rings. The molecule has 0 saturated heterocycles. The Balaban J connectivity index is 0.000000128. The maximum atomic E-state index is 5.20. The maximum Gasteiger partial charge on any atom is 0.181 e. The highest BCUT2D eigenvalue weighted by Gasteiger charge is 2.07. The summed E-state index contributed by atoms with van der Waals surface area (Å²) in [5.74, 6) is 4.04. The van der Waals surface area contributed by atoms with Crippen LogP contribution in [0.2, 0.25) is 0 Å². The molecule has 3 N–H and O–H groups in total. The lowest BCUT2D eigenvalue weighted by molar-refractivity contribution is 0.601. The van der Waals surface area contributed by atoms with Gasteiger partial charge in [-0.2, -0.15) is 5.10 Å². The molecule has 0 atom stereocenters. The third-order valence-corrected chi connectivity index (χ3v) is 16.0. The Kier molecular flexibility index (Phi) is 21.5. The molecule has 0 aliphatic rings. The van der Waals surface area contributed by atoms with Gasteiger partial charge in [0.1, 0.15) is 11.0 Å². The van der Waals surface area contributed by atoms with Crippen molar-refractivity contribution in [2.24, 2.45) is 0 Å². The zero-order valence-electron chi connectivity index (χ0n) is 51.0. The second-order valence-electron chi connectivity index (χ2n) is 23.0. The van der Waals surface area contributed by atoms with E-state index in [9.17, 15) is 0 Å². The number of benzene rings is 7. The van der Waals surface area contributed by atoms with Crippen molar-refractivity contribution in [2.45, 2.75) is 138 Å². The number of H-pyrrole nitrogens is 3. The third kappa shape index (κ3) is 16.7. The molecule has 0 saturated carbocycles. The summed E-state index contributed by atoms with van der Waals surface area (Å²) in [6, 6.07) is 44.4. The molecule has 7 aromatic heterocycles. The van der Waals surface area contributed by atoms with Crippen molar-refractivity contribution in [3.05, 3.63) is 209 Å². The largest absolute Gasteiger partial charge is 0.443 e. The highest BCUT2D eigenvalue weighted by atomic mass is 32.1. The minimum absolute atomic E-state index is 0.541. The molecule has 7 heterocycles. The van der Waals surface area contributed by atoms with E-state index in [1.807, 2.05) is 35.4 Å². The molecule has 0 aliphatic carbocycles. The fourth-order valence-corrected chi connectivity index (χ4v) is 10.3. The first-order chi connectivity index (χ1) is 40.4. The first-order valence-corrected chi connectivity index (χ1v) is 30.8. The average molecular weight is 1160 g/mol. The summed E-state index contributed by atoms with van der Waals surface area (Å²) in [4.78, 5) is 31.2. The van der Waals surface area contributed by atoms with Crippen molar-refractivity contribution in [2.75, 3.05) is 0 Å². The SMILES string of the molecule is CC(C)c1ccc2[nH]ncc2c1.CC(C)c1ccc2nc[nH]c2c1.CC(C)c1ccc2nc[nH]c2c1.CC(C)c1ccc2ncoc2c1.CC(C)c1ccc2ncsc2c1.CC(C)c1ccc2ocnc2c1.CC(C)c1ccc2scnc2c1. The number of rotatable bonds is 7. The van der Waals surface area contributed by atoms with Gasteiger partial charge in [-0.05, 0) is 165 Å². The highest BCUT2D eigenvalue weighted by Crippen LogP contribution is 2.27. The van der Waals surface area contributed by atoms with Gasteiger partial charge in [0.25, 0.3) is 0 Å². The van der Waals surface area contributed by atoms with Crippen molar-refractivity contribution in [1.82, 2.24) is 50.1 Å². The topological polar surface area (TPSA) is 164 Å². The summed E-state index contributed by atoms with van der Waals surface area (Å²) < 4.78 is 12.9. The number of nitrogens with zero attached hydrogens (tertiary/aromatic N) is 7. The van der Waals surface area contributed by atoms with E-state index in [1.165, 1.54) is 66.5 Å². The molecular weight excluding hydrogens is 1080 g/mol. The van der Waals surface area contributed by atoms with E-state index in [2.05, 4.69) is 256 Å². The van der Waals surface area contributed by atoms with Gasteiger partial charge < -0.3 is 18.8 Å². The van der Waals surface area contributed by atoms with Gasteiger partial charge in [-0.3, -0.25) is 5.10 Å². The lowest BCUT2D eigenvalue weighted by Crippen LogP contribution is -1.85. The van der Waals surface area contributed by atoms with E-state index in [0.29, 0.717) is 41.4 Å². The molecule has 0 unspecified atom stereocenters. The molecular formula is C70H80N10O2S2. The number of oxazole rings is 2.